The Hall–Kier alpha value is -0.390. The summed E-state index contributed by atoms with van der Waals surface area (Å²) in [6.07, 6.45) is 0.0465. The van der Waals surface area contributed by atoms with E-state index in [1.54, 1.807) is 17.8 Å². The first-order valence-electron chi connectivity index (χ1n) is 3.72. The Morgan fingerprint density at radius 3 is 2.92 bits per heavy atom. The quantitative estimate of drug-likeness (QED) is 0.803. The molecule has 0 amide bonds. The third-order valence-corrected chi connectivity index (χ3v) is 2.06. The monoisotopic (exact) mass is 233 g/mol. The number of hydrogen-bond donors (Lipinski definition) is 2. The smallest absolute Gasteiger partial charge is 0.128 e. The first-order valence-corrected chi connectivity index (χ1v) is 4.52. The van der Waals surface area contributed by atoms with Crippen molar-refractivity contribution in [3.63, 3.8) is 0 Å². The van der Waals surface area contributed by atoms with Gasteiger partial charge in [0.15, 0.2) is 0 Å². The van der Waals surface area contributed by atoms with E-state index < -0.39 is 6.10 Å². The third-order valence-electron chi connectivity index (χ3n) is 1.67. The third kappa shape index (κ3) is 2.06. The van der Waals surface area contributed by atoms with Crippen molar-refractivity contribution in [3.05, 3.63) is 16.4 Å². The molecule has 1 rings (SSSR count). The lowest BCUT2D eigenvalue weighted by molar-refractivity contribution is 0.160. The van der Waals surface area contributed by atoms with Gasteiger partial charge in [-0.3, -0.25) is 4.68 Å². The van der Waals surface area contributed by atoms with Crippen molar-refractivity contribution in [2.24, 2.45) is 12.8 Å². The van der Waals surface area contributed by atoms with Crippen LogP contribution in [0, 0.1) is 0 Å². The number of aryl methyl sites for hydroxylation is 1. The highest BCUT2D eigenvalue weighted by atomic mass is 79.9. The average Bonchev–Trinajstić information content (AvgIpc) is 2.30. The van der Waals surface area contributed by atoms with Crippen LogP contribution >= 0.6 is 15.9 Å². The summed E-state index contributed by atoms with van der Waals surface area (Å²) in [5, 5.41) is 13.6. The molecule has 0 radical (unpaired) electrons. The van der Waals surface area contributed by atoms with Gasteiger partial charge in [0.25, 0.3) is 0 Å². The van der Waals surface area contributed by atoms with E-state index in [1.165, 1.54) is 0 Å². The Balaban J connectivity index is 2.79. The van der Waals surface area contributed by atoms with Crippen molar-refractivity contribution in [2.75, 3.05) is 6.54 Å². The molecule has 0 saturated carbocycles. The molecule has 68 valence electrons. The van der Waals surface area contributed by atoms with Gasteiger partial charge in [0.2, 0.25) is 0 Å². The minimum absolute atomic E-state index is 0.476. The Morgan fingerprint density at radius 2 is 2.50 bits per heavy atom. The van der Waals surface area contributed by atoms with Gasteiger partial charge >= 0.3 is 0 Å². The molecule has 1 aromatic heterocycles. The Bertz CT molecular complexity index is 261. The van der Waals surface area contributed by atoms with Crippen LogP contribution in [0.1, 0.15) is 18.2 Å². The van der Waals surface area contributed by atoms with Crippen molar-refractivity contribution >= 4 is 15.9 Å². The minimum atomic E-state index is -0.515. The summed E-state index contributed by atoms with van der Waals surface area (Å²) in [5.41, 5.74) is 6.11. The Kier molecular flexibility index (Phi) is 3.25. The molecule has 12 heavy (non-hydrogen) atoms. The van der Waals surface area contributed by atoms with Gasteiger partial charge in [-0.15, -0.1) is 0 Å². The van der Waals surface area contributed by atoms with Crippen LogP contribution in [0.4, 0.5) is 0 Å². The molecular formula is C7H12BrN3O. The van der Waals surface area contributed by atoms with Crippen LogP contribution in [0.3, 0.4) is 0 Å². The number of aromatic nitrogens is 2. The molecule has 0 aliphatic rings. The fourth-order valence-corrected chi connectivity index (χ4v) is 1.54. The normalized spacial score (nSPS) is 13.3. The number of nitrogens with two attached hydrogens (primary N) is 1. The fourth-order valence-electron chi connectivity index (χ4n) is 1.06. The van der Waals surface area contributed by atoms with E-state index in [1.807, 2.05) is 0 Å². The van der Waals surface area contributed by atoms with Crippen molar-refractivity contribution < 1.29 is 5.11 Å². The highest BCUT2D eigenvalue weighted by Gasteiger charge is 2.11. The lowest BCUT2D eigenvalue weighted by Crippen LogP contribution is -2.10. The zero-order chi connectivity index (χ0) is 9.14. The summed E-state index contributed by atoms with van der Waals surface area (Å²) in [7, 11) is 1.79. The Labute approximate surface area is 79.5 Å². The molecule has 0 saturated heterocycles. The van der Waals surface area contributed by atoms with E-state index in [-0.39, 0.29) is 0 Å². The summed E-state index contributed by atoms with van der Waals surface area (Å²) < 4.78 is 2.38. The van der Waals surface area contributed by atoms with E-state index in [9.17, 15) is 5.11 Å². The maximum atomic E-state index is 9.55. The van der Waals surface area contributed by atoms with Gasteiger partial charge in [-0.05, 0) is 35.0 Å². The van der Waals surface area contributed by atoms with Crippen LogP contribution in [0.5, 0.6) is 0 Å². The van der Waals surface area contributed by atoms with Crippen LogP contribution in [0.2, 0.25) is 0 Å². The van der Waals surface area contributed by atoms with Crippen molar-refractivity contribution in [1.82, 2.24) is 9.78 Å². The van der Waals surface area contributed by atoms with Crippen LogP contribution in [-0.4, -0.2) is 21.4 Å². The van der Waals surface area contributed by atoms with Crippen LogP contribution in [0.15, 0.2) is 10.7 Å². The molecule has 3 N–H and O–H groups in total. The van der Waals surface area contributed by atoms with Crippen LogP contribution in [0.25, 0.3) is 0 Å². The summed E-state index contributed by atoms with van der Waals surface area (Å²) >= 11 is 3.23. The number of rotatable bonds is 3. The van der Waals surface area contributed by atoms with E-state index in [4.69, 9.17) is 5.73 Å². The maximum Gasteiger partial charge on any atom is 0.128 e. The summed E-state index contributed by atoms with van der Waals surface area (Å²) in [6.45, 7) is 0.476. The van der Waals surface area contributed by atoms with Gasteiger partial charge in [-0.1, -0.05) is 0 Å². The fraction of sp³-hybridized carbons (Fsp3) is 0.571. The van der Waals surface area contributed by atoms with Crippen molar-refractivity contribution in [3.8, 4) is 0 Å². The van der Waals surface area contributed by atoms with Gasteiger partial charge in [0, 0.05) is 7.05 Å². The van der Waals surface area contributed by atoms with Gasteiger partial charge in [0.1, 0.15) is 4.60 Å². The molecule has 0 bridgehead atoms. The lowest BCUT2D eigenvalue weighted by Gasteiger charge is -2.08. The summed E-state index contributed by atoms with van der Waals surface area (Å²) in [4.78, 5) is 0. The second-order valence-electron chi connectivity index (χ2n) is 2.61. The number of aliphatic hydroxyl groups excluding tert-OH is 1. The predicted octanol–water partition coefficient (Wildman–Crippen LogP) is 0.565. The van der Waals surface area contributed by atoms with Crippen molar-refractivity contribution in [2.45, 2.75) is 12.5 Å². The van der Waals surface area contributed by atoms with Crippen molar-refractivity contribution in [1.29, 1.82) is 0 Å². The van der Waals surface area contributed by atoms with Crippen LogP contribution < -0.4 is 5.73 Å². The van der Waals surface area contributed by atoms with Gasteiger partial charge in [0.05, 0.1) is 11.8 Å². The highest BCUT2D eigenvalue weighted by molar-refractivity contribution is 9.10. The van der Waals surface area contributed by atoms with Crippen LogP contribution in [-0.2, 0) is 7.05 Å². The molecule has 0 spiro atoms. The Morgan fingerprint density at radius 1 is 1.83 bits per heavy atom. The zero-order valence-electron chi connectivity index (χ0n) is 6.87. The highest BCUT2D eigenvalue weighted by Crippen LogP contribution is 2.18. The molecular weight excluding hydrogens is 222 g/mol. The largest absolute Gasteiger partial charge is 0.387 e. The molecule has 1 aromatic rings. The molecule has 4 nitrogen and oxygen atoms in total. The van der Waals surface area contributed by atoms with Gasteiger partial charge in [-0.25, -0.2) is 0 Å². The second kappa shape index (κ2) is 4.02. The standard InChI is InChI=1S/C7H12BrN3O/c1-11-5(4-7(8)10-11)6(12)2-3-9/h4,6,12H,2-3,9H2,1H3/t6-/m0/s1. The molecule has 0 fully saturated rings. The molecule has 0 aromatic carbocycles. The number of aliphatic hydroxyl groups is 1. The molecule has 0 aliphatic heterocycles. The summed E-state index contributed by atoms with van der Waals surface area (Å²) in [6, 6.07) is 1.79. The van der Waals surface area contributed by atoms with E-state index in [2.05, 4.69) is 21.0 Å². The first-order chi connectivity index (χ1) is 5.65. The van der Waals surface area contributed by atoms with E-state index in [0.717, 1.165) is 10.3 Å². The minimum Gasteiger partial charge on any atom is -0.387 e. The van der Waals surface area contributed by atoms with E-state index >= 15 is 0 Å². The number of hydrogen-bond acceptors (Lipinski definition) is 3. The zero-order valence-corrected chi connectivity index (χ0v) is 8.45. The maximum absolute atomic E-state index is 9.55. The molecule has 1 atom stereocenters. The topological polar surface area (TPSA) is 64.1 Å². The van der Waals surface area contributed by atoms with E-state index in [0.29, 0.717) is 13.0 Å². The summed E-state index contributed by atoms with van der Waals surface area (Å²) in [5.74, 6) is 0. The SMILES string of the molecule is Cn1nc(Br)cc1[C@@H](O)CCN. The molecule has 1 heterocycles. The number of nitrogens with zero attached hydrogens (tertiary/aromatic N) is 2. The predicted molar refractivity (Wildman–Crippen MR) is 49.5 cm³/mol. The first kappa shape index (κ1) is 9.70. The number of halogens is 1. The lowest BCUT2D eigenvalue weighted by atomic mass is 10.2. The molecule has 0 aliphatic carbocycles. The van der Waals surface area contributed by atoms with Gasteiger partial charge < -0.3 is 10.8 Å². The van der Waals surface area contributed by atoms with Gasteiger partial charge in [-0.2, -0.15) is 5.10 Å². The molecule has 5 heteroatoms. The second-order valence-corrected chi connectivity index (χ2v) is 3.42. The average molecular weight is 234 g/mol. The molecule has 0 unspecified atom stereocenters.